The fraction of sp³-hybridized carbons (Fsp3) is 0.250. The van der Waals surface area contributed by atoms with Gasteiger partial charge in [0, 0.05) is 11.4 Å². The van der Waals surface area contributed by atoms with Crippen LogP contribution in [0.4, 0.5) is 0 Å². The summed E-state index contributed by atoms with van der Waals surface area (Å²) >= 11 is 0. The van der Waals surface area contributed by atoms with Crippen LogP contribution in [0.3, 0.4) is 0 Å². The van der Waals surface area contributed by atoms with Gasteiger partial charge in [-0.3, -0.25) is 4.98 Å². The van der Waals surface area contributed by atoms with E-state index in [4.69, 9.17) is 0 Å². The molecule has 0 spiro atoms. The lowest BCUT2D eigenvalue weighted by Gasteiger charge is -1.91. The van der Waals surface area contributed by atoms with Crippen molar-refractivity contribution >= 4 is 11.6 Å². The lowest BCUT2D eigenvalue weighted by atomic mass is 10.2. The van der Waals surface area contributed by atoms with Crippen molar-refractivity contribution in [2.75, 3.05) is 0 Å². The Bertz CT molecular complexity index is 409. The van der Waals surface area contributed by atoms with E-state index in [0.29, 0.717) is 0 Å². The van der Waals surface area contributed by atoms with Gasteiger partial charge in [0.25, 0.3) is 0 Å². The number of allylic oxidation sites excluding steroid dienone is 2. The summed E-state index contributed by atoms with van der Waals surface area (Å²) in [5.74, 6) is 0. The van der Waals surface area contributed by atoms with Crippen molar-refractivity contribution < 1.29 is 0 Å². The molecule has 0 amide bonds. The first-order valence-electron chi connectivity index (χ1n) is 4.47. The highest BCUT2D eigenvalue weighted by molar-refractivity contribution is 5.42. The van der Waals surface area contributed by atoms with Gasteiger partial charge in [0.2, 0.25) is 0 Å². The molecular weight excluding hydrogens is 158 g/mol. The van der Waals surface area contributed by atoms with E-state index in [1.165, 1.54) is 10.8 Å². The first-order chi connectivity index (χ1) is 6.25. The van der Waals surface area contributed by atoms with Gasteiger partial charge >= 0.3 is 0 Å². The van der Waals surface area contributed by atoms with E-state index in [2.05, 4.69) is 31.0 Å². The topological polar surface area (TPSA) is 12.9 Å². The van der Waals surface area contributed by atoms with Crippen molar-refractivity contribution in [1.82, 2.24) is 4.98 Å². The monoisotopic (exact) mass is 173 g/mol. The molecule has 13 heavy (non-hydrogen) atoms. The maximum Gasteiger partial charge on any atom is 0.0688 e. The Hall–Kier alpha value is -1.37. The molecular formula is C12H15N. The first-order valence-corrected chi connectivity index (χ1v) is 4.47. The predicted molar refractivity (Wildman–Crippen MR) is 57.5 cm³/mol. The van der Waals surface area contributed by atoms with Crippen molar-refractivity contribution in [2.24, 2.45) is 0 Å². The van der Waals surface area contributed by atoms with Crippen LogP contribution < -0.4 is 10.6 Å². The molecule has 0 unspecified atom stereocenters. The van der Waals surface area contributed by atoms with Crippen molar-refractivity contribution in [1.29, 1.82) is 0 Å². The Labute approximate surface area is 79.1 Å². The van der Waals surface area contributed by atoms with Crippen LogP contribution in [0.1, 0.15) is 20.8 Å². The fourth-order valence-corrected chi connectivity index (χ4v) is 1.17. The highest BCUT2D eigenvalue weighted by Crippen LogP contribution is 1.81. The molecule has 0 saturated carbocycles. The minimum absolute atomic E-state index is 1.08. The number of hydrogen-bond acceptors (Lipinski definition) is 1. The molecule has 0 saturated heterocycles. The predicted octanol–water partition coefficient (Wildman–Crippen LogP) is 1.63. The summed E-state index contributed by atoms with van der Waals surface area (Å²) in [4.78, 5) is 4.33. The van der Waals surface area contributed by atoms with Gasteiger partial charge < -0.3 is 0 Å². The van der Waals surface area contributed by atoms with Gasteiger partial charge in [-0.05, 0) is 26.8 Å². The molecule has 0 fully saturated rings. The van der Waals surface area contributed by atoms with Crippen LogP contribution in [-0.4, -0.2) is 4.98 Å². The lowest BCUT2D eigenvalue weighted by Crippen LogP contribution is -2.28. The second-order valence-electron chi connectivity index (χ2n) is 3.13. The molecule has 1 aromatic rings. The summed E-state index contributed by atoms with van der Waals surface area (Å²) in [6, 6.07) is 4.04. The molecule has 1 nitrogen and oxygen atoms in total. The van der Waals surface area contributed by atoms with E-state index in [-0.39, 0.29) is 0 Å². The Morgan fingerprint density at radius 1 is 1.38 bits per heavy atom. The highest BCUT2D eigenvalue weighted by Gasteiger charge is 1.85. The van der Waals surface area contributed by atoms with Crippen LogP contribution in [0.2, 0.25) is 0 Å². The molecule has 0 radical (unpaired) electrons. The van der Waals surface area contributed by atoms with Crippen molar-refractivity contribution in [3.05, 3.63) is 41.0 Å². The number of rotatable bonds is 1. The molecule has 0 aliphatic heterocycles. The molecule has 0 aromatic carbocycles. The minimum Gasteiger partial charge on any atom is -0.256 e. The number of pyridine rings is 1. The van der Waals surface area contributed by atoms with Gasteiger partial charge in [-0.25, -0.2) is 0 Å². The minimum atomic E-state index is 1.08. The zero-order valence-corrected chi connectivity index (χ0v) is 8.41. The lowest BCUT2D eigenvalue weighted by molar-refractivity contribution is 1.19. The van der Waals surface area contributed by atoms with Gasteiger partial charge in [0.1, 0.15) is 0 Å². The third kappa shape index (κ3) is 2.55. The Kier molecular flexibility index (Phi) is 3.44. The maximum absolute atomic E-state index is 4.33. The molecule has 0 aliphatic rings. The second kappa shape index (κ2) is 4.61. The van der Waals surface area contributed by atoms with E-state index in [1.54, 1.807) is 0 Å². The molecule has 0 aliphatic carbocycles. The normalized spacial score (nSPS) is 12.4. The van der Waals surface area contributed by atoms with Crippen molar-refractivity contribution in [3.8, 4) is 0 Å². The average Bonchev–Trinajstić information content (AvgIpc) is 2.15. The van der Waals surface area contributed by atoms with Gasteiger partial charge in [-0.1, -0.05) is 29.9 Å². The SMILES string of the molecule is C/C=C\C=c1\cccnc1=C(C)C. The zero-order chi connectivity index (χ0) is 9.68. The van der Waals surface area contributed by atoms with Crippen LogP contribution in [0.25, 0.3) is 11.6 Å². The highest BCUT2D eigenvalue weighted by atomic mass is 14.6. The zero-order valence-electron chi connectivity index (χ0n) is 8.41. The number of aromatic nitrogens is 1. The number of nitrogens with zero attached hydrogens (tertiary/aromatic N) is 1. The van der Waals surface area contributed by atoms with E-state index in [9.17, 15) is 0 Å². The average molecular weight is 173 g/mol. The third-order valence-corrected chi connectivity index (χ3v) is 1.78. The Morgan fingerprint density at radius 2 is 2.15 bits per heavy atom. The summed E-state index contributed by atoms with van der Waals surface area (Å²) in [6.45, 7) is 6.17. The van der Waals surface area contributed by atoms with Crippen LogP contribution in [0, 0.1) is 0 Å². The van der Waals surface area contributed by atoms with Gasteiger partial charge in [-0.15, -0.1) is 0 Å². The summed E-state index contributed by atoms with van der Waals surface area (Å²) in [7, 11) is 0. The van der Waals surface area contributed by atoms with Gasteiger partial charge in [0.15, 0.2) is 0 Å². The molecule has 0 N–H and O–H groups in total. The van der Waals surface area contributed by atoms with Crippen LogP contribution in [0.15, 0.2) is 30.5 Å². The molecule has 0 bridgehead atoms. The maximum atomic E-state index is 4.33. The summed E-state index contributed by atoms with van der Waals surface area (Å²) in [5.41, 5.74) is 1.25. The van der Waals surface area contributed by atoms with E-state index in [1.807, 2.05) is 31.3 Å². The second-order valence-corrected chi connectivity index (χ2v) is 3.13. The fourth-order valence-electron chi connectivity index (χ4n) is 1.17. The van der Waals surface area contributed by atoms with E-state index < -0.39 is 0 Å². The standard InChI is InChI=1S/C12H15N/c1-4-5-7-11-8-6-9-13-12(11)10(2)3/h4-9H,1-3H3/b5-4-,11-7-. The van der Waals surface area contributed by atoms with Crippen LogP contribution in [0.5, 0.6) is 0 Å². The largest absolute Gasteiger partial charge is 0.256 e. The van der Waals surface area contributed by atoms with Crippen molar-refractivity contribution in [2.45, 2.75) is 20.8 Å². The smallest absolute Gasteiger partial charge is 0.0688 e. The van der Waals surface area contributed by atoms with Gasteiger partial charge in [-0.2, -0.15) is 0 Å². The van der Waals surface area contributed by atoms with E-state index in [0.717, 1.165) is 5.35 Å². The summed E-state index contributed by atoms with van der Waals surface area (Å²) in [5, 5.41) is 2.27. The van der Waals surface area contributed by atoms with E-state index >= 15 is 0 Å². The molecule has 1 rings (SSSR count). The van der Waals surface area contributed by atoms with Crippen LogP contribution in [-0.2, 0) is 0 Å². The first kappa shape index (κ1) is 9.72. The molecule has 1 heterocycles. The van der Waals surface area contributed by atoms with Crippen LogP contribution >= 0.6 is 0 Å². The molecule has 1 heteroatoms. The number of hydrogen-bond donors (Lipinski definition) is 0. The van der Waals surface area contributed by atoms with Gasteiger partial charge in [0.05, 0.1) is 5.35 Å². The quantitative estimate of drug-likeness (QED) is 0.629. The van der Waals surface area contributed by atoms with Crippen molar-refractivity contribution in [3.63, 3.8) is 0 Å². The molecule has 68 valence electrons. The Balaban J connectivity index is 3.47. The Morgan fingerprint density at radius 3 is 2.77 bits per heavy atom. The summed E-state index contributed by atoms with van der Waals surface area (Å²) in [6.07, 6.45) is 7.95. The summed E-state index contributed by atoms with van der Waals surface area (Å²) < 4.78 is 0. The third-order valence-electron chi connectivity index (χ3n) is 1.78. The molecule has 0 atom stereocenters. The molecule has 1 aromatic heterocycles.